The monoisotopic (exact) mass is 242 g/mol. The van der Waals surface area contributed by atoms with Gasteiger partial charge in [-0.2, -0.15) is 0 Å². The third-order valence-corrected chi connectivity index (χ3v) is 2.79. The molecule has 0 fully saturated rings. The molecule has 92 valence electrons. The summed E-state index contributed by atoms with van der Waals surface area (Å²) < 4.78 is 0. The predicted octanol–water partition coefficient (Wildman–Crippen LogP) is 3.20. The van der Waals surface area contributed by atoms with Gasteiger partial charge in [0.15, 0.2) is 11.5 Å². The van der Waals surface area contributed by atoms with Crippen molar-refractivity contribution in [3.8, 4) is 28.4 Å². The van der Waals surface area contributed by atoms with Gasteiger partial charge in [-0.15, -0.1) is 6.58 Å². The van der Waals surface area contributed by atoms with Crippen molar-refractivity contribution in [2.45, 2.75) is 6.42 Å². The third-order valence-electron chi connectivity index (χ3n) is 2.79. The van der Waals surface area contributed by atoms with Gasteiger partial charge in [0.05, 0.1) is 0 Å². The molecule has 18 heavy (non-hydrogen) atoms. The van der Waals surface area contributed by atoms with Gasteiger partial charge in [0.2, 0.25) is 5.75 Å². The fraction of sp³-hybridized carbons (Fsp3) is 0.0667. The Hall–Kier alpha value is -2.42. The van der Waals surface area contributed by atoms with Crippen LogP contribution in [0.15, 0.2) is 49.1 Å². The highest BCUT2D eigenvalue weighted by Gasteiger charge is 2.16. The lowest BCUT2D eigenvalue weighted by molar-refractivity contribution is 0.366. The van der Waals surface area contributed by atoms with Crippen LogP contribution < -0.4 is 0 Å². The Morgan fingerprint density at radius 2 is 1.67 bits per heavy atom. The highest BCUT2D eigenvalue weighted by atomic mass is 16.3. The molecule has 0 saturated heterocycles. The van der Waals surface area contributed by atoms with Crippen LogP contribution in [0.4, 0.5) is 0 Å². The second-order valence-electron chi connectivity index (χ2n) is 3.98. The van der Waals surface area contributed by atoms with Crippen molar-refractivity contribution in [1.82, 2.24) is 0 Å². The minimum atomic E-state index is -0.494. The van der Waals surface area contributed by atoms with Crippen LogP contribution in [0.1, 0.15) is 5.56 Å². The maximum atomic E-state index is 9.89. The van der Waals surface area contributed by atoms with Crippen LogP contribution in [0.3, 0.4) is 0 Å². The summed E-state index contributed by atoms with van der Waals surface area (Å²) in [5, 5.41) is 29.0. The molecule has 0 aliphatic rings. The Morgan fingerprint density at radius 1 is 1.00 bits per heavy atom. The molecular weight excluding hydrogens is 228 g/mol. The molecule has 3 nitrogen and oxygen atoms in total. The van der Waals surface area contributed by atoms with Crippen LogP contribution in [-0.4, -0.2) is 15.3 Å². The van der Waals surface area contributed by atoms with Crippen molar-refractivity contribution in [2.75, 3.05) is 0 Å². The van der Waals surface area contributed by atoms with Crippen molar-refractivity contribution < 1.29 is 15.3 Å². The summed E-state index contributed by atoms with van der Waals surface area (Å²) >= 11 is 0. The largest absolute Gasteiger partial charge is 0.504 e. The highest BCUT2D eigenvalue weighted by Crippen LogP contribution is 2.43. The van der Waals surface area contributed by atoms with E-state index in [9.17, 15) is 15.3 Å². The quantitative estimate of drug-likeness (QED) is 0.572. The van der Waals surface area contributed by atoms with E-state index in [0.29, 0.717) is 17.5 Å². The Kier molecular flexibility index (Phi) is 3.24. The molecule has 0 aliphatic heterocycles. The van der Waals surface area contributed by atoms with E-state index in [4.69, 9.17) is 0 Å². The molecule has 0 atom stereocenters. The molecule has 0 radical (unpaired) electrons. The van der Waals surface area contributed by atoms with Crippen molar-refractivity contribution in [1.29, 1.82) is 0 Å². The van der Waals surface area contributed by atoms with Gasteiger partial charge >= 0.3 is 0 Å². The average molecular weight is 242 g/mol. The standard InChI is InChI=1S/C15H14O3/c1-2-6-11-12(10-7-4-3-5-8-10)9-13(16)15(18)14(11)17/h2-5,7-9,16-18H,1,6H2. The Balaban J connectivity index is 2.69. The van der Waals surface area contributed by atoms with Gasteiger partial charge in [-0.3, -0.25) is 0 Å². The molecule has 0 aromatic heterocycles. The zero-order valence-corrected chi connectivity index (χ0v) is 9.80. The summed E-state index contributed by atoms with van der Waals surface area (Å²) in [6, 6.07) is 10.8. The SMILES string of the molecule is C=CCc1c(-c2ccccc2)cc(O)c(O)c1O. The summed E-state index contributed by atoms with van der Waals surface area (Å²) in [5.41, 5.74) is 2.09. The van der Waals surface area contributed by atoms with Crippen LogP contribution in [0, 0.1) is 0 Å². The van der Waals surface area contributed by atoms with Crippen LogP contribution in [0.5, 0.6) is 17.2 Å². The number of phenols is 3. The fourth-order valence-corrected chi connectivity index (χ4v) is 1.91. The van der Waals surface area contributed by atoms with E-state index in [1.54, 1.807) is 6.08 Å². The maximum Gasteiger partial charge on any atom is 0.200 e. The Morgan fingerprint density at radius 3 is 2.28 bits per heavy atom. The zero-order chi connectivity index (χ0) is 13.1. The third kappa shape index (κ3) is 2.02. The van der Waals surface area contributed by atoms with E-state index in [1.807, 2.05) is 30.3 Å². The number of allylic oxidation sites excluding steroid dienone is 1. The average Bonchev–Trinajstić information content (AvgIpc) is 2.40. The first-order valence-electron chi connectivity index (χ1n) is 5.58. The van der Waals surface area contributed by atoms with Crippen LogP contribution in [0.25, 0.3) is 11.1 Å². The molecular formula is C15H14O3. The second-order valence-corrected chi connectivity index (χ2v) is 3.98. The molecule has 3 heteroatoms. The first-order chi connectivity index (χ1) is 8.65. The van der Waals surface area contributed by atoms with Gasteiger partial charge in [-0.25, -0.2) is 0 Å². The highest BCUT2D eigenvalue weighted by molar-refractivity contribution is 5.75. The van der Waals surface area contributed by atoms with E-state index in [-0.39, 0.29) is 11.5 Å². The molecule has 2 aromatic carbocycles. The van der Waals surface area contributed by atoms with Crippen LogP contribution in [0.2, 0.25) is 0 Å². The van der Waals surface area contributed by atoms with Gasteiger partial charge in [-0.1, -0.05) is 36.4 Å². The smallest absolute Gasteiger partial charge is 0.200 e. The van der Waals surface area contributed by atoms with Crippen molar-refractivity contribution >= 4 is 0 Å². The zero-order valence-electron chi connectivity index (χ0n) is 9.80. The molecule has 2 aromatic rings. The summed E-state index contributed by atoms with van der Waals surface area (Å²) in [4.78, 5) is 0. The Bertz CT molecular complexity index is 574. The normalized spacial score (nSPS) is 10.2. The molecule has 0 amide bonds. The van der Waals surface area contributed by atoms with E-state index >= 15 is 0 Å². The van der Waals surface area contributed by atoms with E-state index in [1.165, 1.54) is 6.07 Å². The number of phenolic OH excluding ortho intramolecular Hbond substituents is 3. The molecule has 0 aliphatic carbocycles. The van der Waals surface area contributed by atoms with Gasteiger partial charge in [-0.05, 0) is 23.6 Å². The van der Waals surface area contributed by atoms with Gasteiger partial charge in [0.25, 0.3) is 0 Å². The van der Waals surface area contributed by atoms with Crippen LogP contribution in [-0.2, 0) is 6.42 Å². The first-order valence-corrected chi connectivity index (χ1v) is 5.58. The summed E-state index contributed by atoms with van der Waals surface area (Å²) in [5.74, 6) is -1.13. The second kappa shape index (κ2) is 4.84. The van der Waals surface area contributed by atoms with Crippen LogP contribution >= 0.6 is 0 Å². The van der Waals surface area contributed by atoms with Crippen molar-refractivity contribution in [2.24, 2.45) is 0 Å². The van der Waals surface area contributed by atoms with Gasteiger partial charge < -0.3 is 15.3 Å². The number of rotatable bonds is 3. The van der Waals surface area contributed by atoms with E-state index in [0.717, 1.165) is 5.56 Å². The fourth-order valence-electron chi connectivity index (χ4n) is 1.91. The number of benzene rings is 2. The number of aromatic hydroxyl groups is 3. The van der Waals surface area contributed by atoms with Crippen molar-refractivity contribution in [3.63, 3.8) is 0 Å². The molecule has 0 bridgehead atoms. The molecule has 0 heterocycles. The molecule has 3 N–H and O–H groups in total. The molecule has 2 rings (SSSR count). The lowest BCUT2D eigenvalue weighted by Gasteiger charge is -2.13. The van der Waals surface area contributed by atoms with E-state index in [2.05, 4.69) is 6.58 Å². The van der Waals surface area contributed by atoms with Crippen molar-refractivity contribution in [3.05, 3.63) is 54.6 Å². The minimum Gasteiger partial charge on any atom is -0.504 e. The minimum absolute atomic E-state index is 0.297. The lowest BCUT2D eigenvalue weighted by atomic mass is 9.96. The molecule has 0 unspecified atom stereocenters. The van der Waals surface area contributed by atoms with Gasteiger partial charge in [0, 0.05) is 5.56 Å². The Labute approximate surface area is 105 Å². The first kappa shape index (κ1) is 12.0. The molecule has 0 saturated carbocycles. The maximum absolute atomic E-state index is 9.89. The number of hydrogen-bond donors (Lipinski definition) is 3. The topological polar surface area (TPSA) is 60.7 Å². The lowest BCUT2D eigenvalue weighted by Crippen LogP contribution is -1.90. The molecule has 0 spiro atoms. The summed E-state index contributed by atoms with van der Waals surface area (Å²) in [7, 11) is 0. The van der Waals surface area contributed by atoms with E-state index < -0.39 is 5.75 Å². The van der Waals surface area contributed by atoms with Gasteiger partial charge in [0.1, 0.15) is 0 Å². The summed E-state index contributed by atoms with van der Waals surface area (Å²) in [6.45, 7) is 3.63. The summed E-state index contributed by atoms with van der Waals surface area (Å²) in [6.07, 6.45) is 2.04. The number of hydrogen-bond acceptors (Lipinski definition) is 3. The predicted molar refractivity (Wildman–Crippen MR) is 70.8 cm³/mol.